The number of nitrogens with zero attached hydrogens (tertiary/aromatic N) is 4. The predicted molar refractivity (Wildman–Crippen MR) is 114 cm³/mol. The molecule has 10 heteroatoms. The Labute approximate surface area is 180 Å². The van der Waals surface area contributed by atoms with E-state index in [0.717, 1.165) is 19.6 Å². The topological polar surface area (TPSA) is 72.4 Å². The Morgan fingerprint density at radius 3 is 2.07 bits per heavy atom. The fraction of sp³-hybridized carbons (Fsp3) is 0.500. The number of likely N-dealkylation sites (N-methyl/N-ethyl adjacent to an activating group) is 1. The fourth-order valence-corrected chi connectivity index (χ4v) is 2.77. The molecule has 0 fully saturated rings. The van der Waals surface area contributed by atoms with Gasteiger partial charge in [0.1, 0.15) is 11.5 Å². The lowest BCUT2D eigenvalue weighted by Crippen LogP contribution is -2.29. The van der Waals surface area contributed by atoms with Crippen molar-refractivity contribution < 1.29 is 9.47 Å². The predicted octanol–water partition coefficient (Wildman–Crippen LogP) is 4.14. The molecule has 0 atom stereocenters. The Hall–Kier alpha value is -1.54. The van der Waals surface area contributed by atoms with Gasteiger partial charge in [-0.15, -0.1) is 0 Å². The van der Waals surface area contributed by atoms with Gasteiger partial charge in [-0.2, -0.15) is 9.97 Å². The Kier molecular flexibility index (Phi) is 8.37. The average molecular weight is 449 g/mol. The van der Waals surface area contributed by atoms with E-state index in [9.17, 15) is 0 Å². The number of aromatic nitrogens is 3. The Bertz CT molecular complexity index is 760. The number of hydrogen-bond acceptors (Lipinski definition) is 7. The van der Waals surface area contributed by atoms with Crippen LogP contribution in [-0.4, -0.2) is 60.3 Å². The minimum absolute atomic E-state index is 0.0367. The number of ether oxygens (including phenoxy) is 2. The van der Waals surface area contributed by atoms with Gasteiger partial charge in [-0.05, 0) is 25.2 Å². The van der Waals surface area contributed by atoms with E-state index < -0.39 is 3.79 Å². The van der Waals surface area contributed by atoms with E-state index in [1.54, 1.807) is 32.4 Å². The molecular formula is C18H24Cl3N5O2. The molecule has 7 nitrogen and oxygen atoms in total. The van der Waals surface area contributed by atoms with E-state index in [1.165, 1.54) is 0 Å². The highest BCUT2D eigenvalue weighted by Crippen LogP contribution is 2.37. The van der Waals surface area contributed by atoms with Crippen LogP contribution in [0.5, 0.6) is 11.5 Å². The van der Waals surface area contributed by atoms with Crippen LogP contribution >= 0.6 is 34.8 Å². The molecule has 1 aromatic carbocycles. The molecule has 0 bridgehead atoms. The molecule has 0 saturated carbocycles. The van der Waals surface area contributed by atoms with Crippen LogP contribution in [0.1, 0.15) is 19.7 Å². The third-order valence-electron chi connectivity index (χ3n) is 4.10. The molecule has 0 amide bonds. The molecule has 0 aliphatic rings. The average Bonchev–Trinajstić information content (AvgIpc) is 2.69. The van der Waals surface area contributed by atoms with Gasteiger partial charge < -0.3 is 19.7 Å². The van der Waals surface area contributed by atoms with E-state index in [-0.39, 0.29) is 5.82 Å². The number of anilines is 1. The van der Waals surface area contributed by atoms with Crippen molar-refractivity contribution in [1.29, 1.82) is 0 Å². The van der Waals surface area contributed by atoms with Crippen molar-refractivity contribution in [2.75, 3.05) is 45.7 Å². The summed E-state index contributed by atoms with van der Waals surface area (Å²) < 4.78 is 8.84. The van der Waals surface area contributed by atoms with Gasteiger partial charge in [0.2, 0.25) is 9.74 Å². The second-order valence-electron chi connectivity index (χ2n) is 5.86. The number of nitrogens with one attached hydrogen (secondary N) is 1. The SMILES string of the molecule is CCN(CC)CCNc1nc(-c2cc(OC)cc(OC)c2)nc(C(Cl)(Cl)Cl)n1. The summed E-state index contributed by atoms with van der Waals surface area (Å²) in [6, 6.07) is 5.31. The van der Waals surface area contributed by atoms with Crippen LogP contribution in [0.2, 0.25) is 0 Å². The molecule has 28 heavy (non-hydrogen) atoms. The summed E-state index contributed by atoms with van der Waals surface area (Å²) in [4.78, 5) is 15.3. The highest BCUT2D eigenvalue weighted by Gasteiger charge is 2.28. The summed E-state index contributed by atoms with van der Waals surface area (Å²) >= 11 is 18.1. The van der Waals surface area contributed by atoms with Crippen LogP contribution in [0.3, 0.4) is 0 Å². The molecule has 0 aliphatic carbocycles. The van der Waals surface area contributed by atoms with Crippen molar-refractivity contribution in [1.82, 2.24) is 19.9 Å². The van der Waals surface area contributed by atoms with E-state index in [0.29, 0.717) is 35.4 Å². The van der Waals surface area contributed by atoms with Crippen LogP contribution in [0, 0.1) is 0 Å². The fourth-order valence-electron chi connectivity index (χ4n) is 2.51. The summed E-state index contributed by atoms with van der Waals surface area (Å²) in [6.45, 7) is 7.63. The van der Waals surface area contributed by atoms with Crippen molar-refractivity contribution in [3.05, 3.63) is 24.0 Å². The first kappa shape index (κ1) is 22.7. The maximum atomic E-state index is 6.03. The van der Waals surface area contributed by atoms with Gasteiger partial charge in [-0.25, -0.2) is 4.98 Å². The molecule has 154 valence electrons. The molecule has 0 unspecified atom stereocenters. The first-order chi connectivity index (χ1) is 13.3. The molecule has 0 radical (unpaired) electrons. The van der Waals surface area contributed by atoms with E-state index in [4.69, 9.17) is 44.3 Å². The van der Waals surface area contributed by atoms with E-state index in [1.807, 2.05) is 0 Å². The monoisotopic (exact) mass is 447 g/mol. The molecule has 1 N–H and O–H groups in total. The van der Waals surface area contributed by atoms with Gasteiger partial charge in [0.15, 0.2) is 11.6 Å². The van der Waals surface area contributed by atoms with Crippen molar-refractivity contribution in [2.24, 2.45) is 0 Å². The molecule has 1 heterocycles. The lowest BCUT2D eigenvalue weighted by Gasteiger charge is -2.18. The zero-order chi connectivity index (χ0) is 20.7. The van der Waals surface area contributed by atoms with Crippen LogP contribution in [-0.2, 0) is 3.79 Å². The first-order valence-electron chi connectivity index (χ1n) is 8.83. The van der Waals surface area contributed by atoms with Crippen LogP contribution in [0.25, 0.3) is 11.4 Å². The summed E-state index contributed by atoms with van der Waals surface area (Å²) in [5.41, 5.74) is 0.654. The van der Waals surface area contributed by atoms with Gasteiger partial charge >= 0.3 is 0 Å². The number of alkyl halides is 3. The summed E-state index contributed by atoms with van der Waals surface area (Å²) in [5, 5.41) is 3.18. The molecule has 2 aromatic rings. The summed E-state index contributed by atoms with van der Waals surface area (Å²) in [6.07, 6.45) is 0. The Morgan fingerprint density at radius 1 is 0.964 bits per heavy atom. The highest BCUT2D eigenvalue weighted by atomic mass is 35.6. The Morgan fingerprint density at radius 2 is 1.57 bits per heavy atom. The molecule has 1 aromatic heterocycles. The van der Waals surface area contributed by atoms with Gasteiger partial charge in [0.05, 0.1) is 14.2 Å². The third kappa shape index (κ3) is 6.24. The summed E-state index contributed by atoms with van der Waals surface area (Å²) in [5.74, 6) is 1.91. The quantitative estimate of drug-likeness (QED) is 0.578. The zero-order valence-corrected chi connectivity index (χ0v) is 18.6. The second-order valence-corrected chi connectivity index (χ2v) is 8.14. The minimum Gasteiger partial charge on any atom is -0.497 e. The molecule has 0 saturated heterocycles. The molecule has 2 rings (SSSR count). The van der Waals surface area contributed by atoms with E-state index in [2.05, 4.69) is 39.0 Å². The smallest absolute Gasteiger partial charge is 0.250 e. The van der Waals surface area contributed by atoms with Crippen LogP contribution in [0.15, 0.2) is 18.2 Å². The maximum absolute atomic E-state index is 6.03. The highest BCUT2D eigenvalue weighted by molar-refractivity contribution is 6.66. The molecular weight excluding hydrogens is 425 g/mol. The number of benzene rings is 1. The molecule has 0 spiro atoms. The standard InChI is InChI=1S/C18H24Cl3N5O2/c1-5-26(6-2)8-7-22-17-24-15(23-16(25-17)18(19,20)21)12-9-13(27-3)11-14(10-12)28-4/h9-11H,5-8H2,1-4H3,(H,22,23,24,25). The second kappa shape index (κ2) is 10.3. The van der Waals surface area contributed by atoms with Gasteiger partial charge in [-0.3, -0.25) is 0 Å². The third-order valence-corrected chi connectivity index (χ3v) is 4.61. The number of halogens is 3. The minimum atomic E-state index is -1.78. The summed E-state index contributed by atoms with van der Waals surface area (Å²) in [7, 11) is 3.14. The van der Waals surface area contributed by atoms with Crippen LogP contribution in [0.4, 0.5) is 5.95 Å². The van der Waals surface area contributed by atoms with Crippen molar-refractivity contribution in [3.8, 4) is 22.9 Å². The lowest BCUT2D eigenvalue weighted by atomic mass is 10.2. The maximum Gasteiger partial charge on any atom is 0.250 e. The number of methoxy groups -OCH3 is 2. The van der Waals surface area contributed by atoms with Gasteiger partial charge in [0.25, 0.3) is 0 Å². The zero-order valence-electron chi connectivity index (χ0n) is 16.3. The van der Waals surface area contributed by atoms with Crippen molar-refractivity contribution in [3.63, 3.8) is 0 Å². The Balaban J connectivity index is 2.39. The van der Waals surface area contributed by atoms with Gasteiger partial charge in [-0.1, -0.05) is 48.7 Å². The van der Waals surface area contributed by atoms with Gasteiger partial charge in [0, 0.05) is 24.7 Å². The van der Waals surface area contributed by atoms with Crippen LogP contribution < -0.4 is 14.8 Å². The number of rotatable bonds is 9. The largest absolute Gasteiger partial charge is 0.497 e. The van der Waals surface area contributed by atoms with Crippen molar-refractivity contribution in [2.45, 2.75) is 17.6 Å². The van der Waals surface area contributed by atoms with Crippen molar-refractivity contribution >= 4 is 40.8 Å². The van der Waals surface area contributed by atoms with E-state index >= 15 is 0 Å². The number of hydrogen-bond donors (Lipinski definition) is 1. The lowest BCUT2D eigenvalue weighted by molar-refractivity contribution is 0.316. The normalized spacial score (nSPS) is 11.6. The molecule has 0 aliphatic heterocycles. The first-order valence-corrected chi connectivity index (χ1v) is 9.97.